The minimum atomic E-state index is -5.15. The lowest BCUT2D eigenvalue weighted by atomic mass is 10.2. The first-order chi connectivity index (χ1) is 23.7. The van der Waals surface area contributed by atoms with Crippen LogP contribution in [-0.4, -0.2) is 125 Å². The topological polar surface area (TPSA) is 251 Å². The van der Waals surface area contributed by atoms with Crippen LogP contribution in [0.2, 0.25) is 0 Å². The number of carbonyl (C=O) groups is 4. The summed E-state index contributed by atoms with van der Waals surface area (Å²) in [5, 5.41) is 21.8. The van der Waals surface area contributed by atoms with Crippen LogP contribution in [0.3, 0.4) is 0 Å². The molecule has 0 bridgehead atoms. The molecule has 0 aliphatic rings. The molecular weight excluding hydrogens is 703 g/mol. The fraction of sp³-hybridized carbons (Fsp3) is 0.500. The van der Waals surface area contributed by atoms with Gasteiger partial charge in [0, 0.05) is 25.7 Å². The number of alkyl halides is 3. The Kier molecular flexibility index (Phi) is 17.8. The summed E-state index contributed by atoms with van der Waals surface area (Å²) >= 11 is 0. The number of hydrogen-bond donors (Lipinski definition) is 5. The van der Waals surface area contributed by atoms with Gasteiger partial charge in [0.1, 0.15) is 19.0 Å². The summed E-state index contributed by atoms with van der Waals surface area (Å²) in [6, 6.07) is 4.77. The van der Waals surface area contributed by atoms with Gasteiger partial charge in [-0.05, 0) is 30.7 Å². The number of anilines is 1. The normalized spacial score (nSPS) is 11.5. The van der Waals surface area contributed by atoms with Crippen molar-refractivity contribution in [3.63, 3.8) is 0 Å². The Morgan fingerprint density at radius 1 is 0.780 bits per heavy atom. The average Bonchev–Trinajstić information content (AvgIpc) is 3.04. The number of hydrogen-bond acceptors (Lipinski definition) is 13. The largest absolute Gasteiger partial charge is 0.494 e. The van der Waals surface area contributed by atoms with E-state index in [9.17, 15) is 40.8 Å². The zero-order chi connectivity index (χ0) is 37.0. The van der Waals surface area contributed by atoms with E-state index in [4.69, 9.17) is 33.9 Å². The standard InChI is InChI=1S/C28H36F3N5O13S/c29-28(30,31)25-21(16-34-27(35-25)36-50(43,44)20-5-3-19(4-6-20)49-9-1-2-23(38)39)26(42)33-8-11-46-12-14-47-17-22(37)32-7-10-45-13-15-48-18-24(40)41/h3-6,16H,1-2,7-15,17-18H2,(H,32,37)(H,33,42)(H,38,39)(H,40,41)(H,34,35,36). The lowest BCUT2D eigenvalue weighted by Gasteiger charge is -2.14. The van der Waals surface area contributed by atoms with Crippen LogP contribution in [0.5, 0.6) is 5.75 Å². The molecule has 2 amide bonds. The van der Waals surface area contributed by atoms with Gasteiger partial charge in [-0.25, -0.2) is 27.9 Å². The highest BCUT2D eigenvalue weighted by atomic mass is 32.2. The van der Waals surface area contributed by atoms with Crippen molar-refractivity contribution >= 4 is 39.7 Å². The van der Waals surface area contributed by atoms with Gasteiger partial charge < -0.3 is 44.5 Å². The molecule has 0 spiro atoms. The molecular formula is C28H36F3N5O13S. The van der Waals surface area contributed by atoms with Gasteiger partial charge in [-0.1, -0.05) is 0 Å². The summed E-state index contributed by atoms with van der Waals surface area (Å²) in [6.07, 6.45) is -4.53. The molecule has 2 aromatic rings. The Hall–Kier alpha value is -4.64. The molecule has 278 valence electrons. The molecule has 5 N–H and O–H groups in total. The highest BCUT2D eigenvalue weighted by Gasteiger charge is 2.38. The van der Waals surface area contributed by atoms with Crippen LogP contribution in [0.1, 0.15) is 28.9 Å². The van der Waals surface area contributed by atoms with E-state index in [0.717, 1.165) is 12.1 Å². The molecule has 0 aliphatic carbocycles. The Labute approximate surface area is 283 Å². The summed E-state index contributed by atoms with van der Waals surface area (Å²) in [7, 11) is -4.45. The molecule has 0 fully saturated rings. The van der Waals surface area contributed by atoms with E-state index < -0.39 is 63.8 Å². The molecule has 1 aromatic heterocycles. The van der Waals surface area contributed by atoms with Crippen LogP contribution in [0.4, 0.5) is 19.1 Å². The molecule has 1 heterocycles. The SMILES string of the molecule is O=C(O)CCCOc1ccc(S(=O)(=O)Nc2ncc(C(=O)NCCOCCOCC(=O)NCCOCCOCC(=O)O)c(C(F)(F)F)n2)cc1. The Morgan fingerprint density at radius 3 is 1.98 bits per heavy atom. The molecule has 0 saturated carbocycles. The predicted molar refractivity (Wildman–Crippen MR) is 163 cm³/mol. The van der Waals surface area contributed by atoms with Crippen LogP contribution in [-0.2, 0) is 49.5 Å². The van der Waals surface area contributed by atoms with Crippen LogP contribution in [0.25, 0.3) is 0 Å². The lowest BCUT2D eigenvalue weighted by molar-refractivity contribution is -0.143. The van der Waals surface area contributed by atoms with Crippen molar-refractivity contribution in [3.8, 4) is 5.75 Å². The summed E-state index contributed by atoms with van der Waals surface area (Å²) < 4.78 is 94.1. The number of benzene rings is 1. The molecule has 0 saturated heterocycles. The molecule has 18 nitrogen and oxygen atoms in total. The second-order valence-electron chi connectivity index (χ2n) is 9.71. The third kappa shape index (κ3) is 16.6. The Bertz CT molecular complexity index is 1510. The molecule has 0 atom stereocenters. The molecule has 0 unspecified atom stereocenters. The number of carboxylic acids is 2. The molecule has 50 heavy (non-hydrogen) atoms. The maximum Gasteiger partial charge on any atom is 0.434 e. The second kappa shape index (κ2) is 21.4. The Morgan fingerprint density at radius 2 is 1.38 bits per heavy atom. The number of rotatable bonds is 25. The van der Waals surface area contributed by atoms with Crippen LogP contribution >= 0.6 is 0 Å². The van der Waals surface area contributed by atoms with Gasteiger partial charge in [0.15, 0.2) is 5.69 Å². The van der Waals surface area contributed by atoms with Crippen molar-refractivity contribution in [2.75, 3.05) is 77.3 Å². The molecule has 2 rings (SSSR count). The van der Waals surface area contributed by atoms with Crippen LogP contribution < -0.4 is 20.1 Å². The summed E-state index contributed by atoms with van der Waals surface area (Å²) in [6.45, 7) is -0.408. The van der Waals surface area contributed by atoms with E-state index in [1.807, 2.05) is 4.72 Å². The van der Waals surface area contributed by atoms with Crippen molar-refractivity contribution in [3.05, 3.63) is 41.7 Å². The first-order valence-electron chi connectivity index (χ1n) is 14.7. The number of carboxylic acid groups (broad SMARTS) is 2. The van der Waals surface area contributed by atoms with Crippen molar-refractivity contribution in [1.29, 1.82) is 0 Å². The highest BCUT2D eigenvalue weighted by Crippen LogP contribution is 2.31. The van der Waals surface area contributed by atoms with E-state index in [1.54, 1.807) is 0 Å². The summed E-state index contributed by atoms with van der Waals surface area (Å²) in [4.78, 5) is 51.4. The number of sulfonamides is 1. The number of nitrogens with zero attached hydrogens (tertiary/aromatic N) is 2. The molecule has 1 aromatic carbocycles. The minimum absolute atomic E-state index is 0.00307. The second-order valence-corrected chi connectivity index (χ2v) is 11.4. The van der Waals surface area contributed by atoms with Gasteiger partial charge in [0.2, 0.25) is 11.9 Å². The van der Waals surface area contributed by atoms with Gasteiger partial charge in [0.05, 0.1) is 56.7 Å². The highest BCUT2D eigenvalue weighted by molar-refractivity contribution is 7.92. The maximum absolute atomic E-state index is 13.8. The van der Waals surface area contributed by atoms with Gasteiger partial charge >= 0.3 is 18.1 Å². The number of aromatic nitrogens is 2. The predicted octanol–water partition coefficient (Wildman–Crippen LogP) is 0.537. The van der Waals surface area contributed by atoms with Gasteiger partial charge in [-0.15, -0.1) is 0 Å². The molecule has 0 aliphatic heterocycles. The van der Waals surface area contributed by atoms with Crippen molar-refractivity contribution < 1.29 is 74.7 Å². The number of ether oxygens (including phenoxy) is 5. The third-order valence-electron chi connectivity index (χ3n) is 5.77. The van der Waals surface area contributed by atoms with Gasteiger partial charge in [-0.2, -0.15) is 13.2 Å². The van der Waals surface area contributed by atoms with Gasteiger partial charge in [0.25, 0.3) is 15.9 Å². The molecule has 0 radical (unpaired) electrons. The van der Waals surface area contributed by atoms with Gasteiger partial charge in [-0.3, -0.25) is 14.4 Å². The van der Waals surface area contributed by atoms with E-state index in [1.165, 1.54) is 12.1 Å². The number of amides is 2. The first-order valence-corrected chi connectivity index (χ1v) is 16.2. The zero-order valence-corrected chi connectivity index (χ0v) is 27.2. The van der Waals surface area contributed by atoms with Crippen LogP contribution in [0.15, 0.2) is 35.4 Å². The number of halogens is 3. The summed E-state index contributed by atoms with van der Waals surface area (Å²) in [5.41, 5.74) is -2.65. The van der Waals surface area contributed by atoms with E-state index in [2.05, 4.69) is 20.6 Å². The van der Waals surface area contributed by atoms with E-state index >= 15 is 0 Å². The third-order valence-corrected chi connectivity index (χ3v) is 7.11. The van der Waals surface area contributed by atoms with E-state index in [0.29, 0.717) is 6.20 Å². The van der Waals surface area contributed by atoms with Crippen molar-refractivity contribution in [1.82, 2.24) is 20.6 Å². The number of carbonyl (C=O) groups excluding carboxylic acids is 2. The quantitative estimate of drug-likeness (QED) is 0.0872. The fourth-order valence-corrected chi connectivity index (χ4v) is 4.48. The van der Waals surface area contributed by atoms with Crippen molar-refractivity contribution in [2.45, 2.75) is 23.9 Å². The maximum atomic E-state index is 13.8. The van der Waals surface area contributed by atoms with Crippen LogP contribution in [0, 0.1) is 0 Å². The number of aliphatic carboxylic acids is 2. The van der Waals surface area contributed by atoms with E-state index in [-0.39, 0.29) is 89.4 Å². The van der Waals surface area contributed by atoms with Crippen molar-refractivity contribution in [2.24, 2.45) is 0 Å². The smallest absolute Gasteiger partial charge is 0.434 e. The summed E-state index contributed by atoms with van der Waals surface area (Å²) in [5.74, 6) is -4.43. The average molecular weight is 740 g/mol. The minimum Gasteiger partial charge on any atom is -0.494 e. The Balaban J connectivity index is 1.74. The zero-order valence-electron chi connectivity index (χ0n) is 26.4. The molecule has 22 heteroatoms. The first kappa shape index (κ1) is 41.5. The lowest BCUT2D eigenvalue weighted by Crippen LogP contribution is -2.32. The fourth-order valence-electron chi connectivity index (χ4n) is 3.53. The number of nitrogens with one attached hydrogen (secondary N) is 3. The monoisotopic (exact) mass is 739 g/mol.